The summed E-state index contributed by atoms with van der Waals surface area (Å²) >= 11 is 3.18. The number of hydrogen-bond donors (Lipinski definition) is 1. The highest BCUT2D eigenvalue weighted by atomic mass is 32.2. The largest absolute Gasteiger partial charge is 0.325 e. The summed E-state index contributed by atoms with van der Waals surface area (Å²) in [6, 6.07) is 26.1. The average Bonchev–Trinajstić information content (AvgIpc) is 2.73. The Labute approximate surface area is 167 Å². The molecule has 0 saturated carbocycles. The number of amides is 1. The highest BCUT2D eigenvalue weighted by molar-refractivity contribution is 8.38. The van der Waals surface area contributed by atoms with E-state index in [0.29, 0.717) is 5.75 Å². The summed E-state index contributed by atoms with van der Waals surface area (Å²) in [6.45, 7) is 0. The van der Waals surface area contributed by atoms with E-state index < -0.39 is 0 Å². The van der Waals surface area contributed by atoms with Gasteiger partial charge in [0, 0.05) is 17.0 Å². The Balaban J connectivity index is 1.42. The van der Waals surface area contributed by atoms with E-state index >= 15 is 0 Å². The Bertz CT molecular complexity index is 986. The van der Waals surface area contributed by atoms with E-state index in [1.54, 1.807) is 11.8 Å². The number of benzene rings is 3. The van der Waals surface area contributed by atoms with Crippen molar-refractivity contribution >= 4 is 45.2 Å². The molecular formula is C22H18N2OS2. The smallest absolute Gasteiger partial charge is 0.234 e. The van der Waals surface area contributed by atoms with Crippen LogP contribution in [-0.4, -0.2) is 16.0 Å². The van der Waals surface area contributed by atoms with Gasteiger partial charge in [-0.05, 0) is 23.3 Å². The lowest BCUT2D eigenvalue weighted by molar-refractivity contribution is -0.113. The van der Waals surface area contributed by atoms with E-state index in [1.165, 1.54) is 17.3 Å². The van der Waals surface area contributed by atoms with Crippen molar-refractivity contribution in [2.24, 2.45) is 4.99 Å². The Morgan fingerprint density at radius 3 is 2.59 bits per heavy atom. The number of thioether (sulfide) groups is 2. The number of rotatable bonds is 4. The van der Waals surface area contributed by atoms with Crippen molar-refractivity contribution in [3.63, 3.8) is 0 Å². The summed E-state index contributed by atoms with van der Waals surface area (Å²) in [5.41, 5.74) is 5.19. The van der Waals surface area contributed by atoms with E-state index in [2.05, 4.69) is 16.4 Å². The van der Waals surface area contributed by atoms with Gasteiger partial charge in [-0.25, -0.2) is 4.99 Å². The first kappa shape index (κ1) is 17.9. The molecule has 0 atom stereocenters. The molecule has 0 unspecified atom stereocenters. The highest BCUT2D eigenvalue weighted by Crippen LogP contribution is 2.34. The minimum atomic E-state index is -0.0226. The second kappa shape index (κ2) is 8.46. The number of nitrogens with zero attached hydrogens (tertiary/aromatic N) is 1. The molecule has 1 aliphatic heterocycles. The molecule has 1 N–H and O–H groups in total. The van der Waals surface area contributed by atoms with Crippen molar-refractivity contribution in [2.75, 3.05) is 11.1 Å². The molecule has 0 saturated heterocycles. The molecule has 3 aromatic rings. The fraction of sp³-hybridized carbons (Fsp3) is 0.0909. The minimum absolute atomic E-state index is 0.0226. The maximum Gasteiger partial charge on any atom is 0.234 e. The van der Waals surface area contributed by atoms with Crippen LogP contribution in [0.1, 0.15) is 5.56 Å². The maximum atomic E-state index is 12.5. The molecule has 0 radical (unpaired) electrons. The zero-order valence-corrected chi connectivity index (χ0v) is 16.2. The van der Waals surface area contributed by atoms with Crippen molar-refractivity contribution < 1.29 is 4.79 Å². The maximum absolute atomic E-state index is 12.5. The Hall–Kier alpha value is -2.50. The van der Waals surface area contributed by atoms with Gasteiger partial charge in [-0.3, -0.25) is 4.79 Å². The summed E-state index contributed by atoms with van der Waals surface area (Å²) in [7, 11) is 0. The van der Waals surface area contributed by atoms with Gasteiger partial charge in [0.15, 0.2) is 0 Å². The van der Waals surface area contributed by atoms with Crippen LogP contribution < -0.4 is 5.32 Å². The standard InChI is InChI=1S/C22H18N2OS2/c25-21(15-27-22-24-19-12-6-4-10-17(19)14-26-22)23-20-13-7-5-11-18(20)16-8-2-1-3-9-16/h1-13H,14-15H2,(H,23,25). The van der Waals surface area contributed by atoms with Crippen molar-refractivity contribution in [2.45, 2.75) is 5.75 Å². The molecule has 0 fully saturated rings. The van der Waals surface area contributed by atoms with Crippen molar-refractivity contribution in [3.8, 4) is 11.1 Å². The van der Waals surface area contributed by atoms with Crippen LogP contribution in [0.3, 0.4) is 0 Å². The molecule has 134 valence electrons. The Kier molecular flexibility index (Phi) is 5.61. The molecular weight excluding hydrogens is 372 g/mol. The van der Waals surface area contributed by atoms with E-state index in [1.807, 2.05) is 72.8 Å². The molecule has 5 heteroatoms. The lowest BCUT2D eigenvalue weighted by atomic mass is 10.0. The number of nitrogens with one attached hydrogen (secondary N) is 1. The fourth-order valence-corrected chi connectivity index (χ4v) is 4.72. The number of carbonyl (C=O) groups excluding carboxylic acids is 1. The van der Waals surface area contributed by atoms with Crippen LogP contribution in [0.15, 0.2) is 83.9 Å². The SMILES string of the molecule is O=C(CSC1=Nc2ccccc2CS1)Nc1ccccc1-c1ccccc1. The normalized spacial score (nSPS) is 12.8. The lowest BCUT2D eigenvalue weighted by Crippen LogP contribution is -2.15. The second-order valence-electron chi connectivity index (χ2n) is 6.04. The van der Waals surface area contributed by atoms with E-state index in [-0.39, 0.29) is 5.91 Å². The first-order valence-electron chi connectivity index (χ1n) is 8.66. The first-order chi connectivity index (χ1) is 13.3. The summed E-state index contributed by atoms with van der Waals surface area (Å²) in [5, 5.41) is 3.04. The Morgan fingerprint density at radius 1 is 0.963 bits per heavy atom. The van der Waals surface area contributed by atoms with Gasteiger partial charge in [0.1, 0.15) is 4.38 Å². The molecule has 3 nitrogen and oxygen atoms in total. The monoisotopic (exact) mass is 390 g/mol. The summed E-state index contributed by atoms with van der Waals surface area (Å²) < 4.78 is 0.945. The number of carbonyl (C=O) groups is 1. The van der Waals surface area contributed by atoms with Crippen LogP contribution in [0.2, 0.25) is 0 Å². The van der Waals surface area contributed by atoms with Crippen molar-refractivity contribution in [1.29, 1.82) is 0 Å². The molecule has 27 heavy (non-hydrogen) atoms. The summed E-state index contributed by atoms with van der Waals surface area (Å²) in [4.78, 5) is 17.1. The fourth-order valence-electron chi connectivity index (χ4n) is 2.86. The predicted octanol–water partition coefficient (Wildman–Crippen LogP) is 5.96. The molecule has 1 amide bonds. The number of hydrogen-bond acceptors (Lipinski definition) is 4. The Morgan fingerprint density at radius 2 is 1.70 bits per heavy atom. The zero-order chi connectivity index (χ0) is 18.5. The lowest BCUT2D eigenvalue weighted by Gasteiger charge is -2.14. The molecule has 1 heterocycles. The van der Waals surface area contributed by atoms with Crippen LogP contribution in [-0.2, 0) is 10.5 Å². The van der Waals surface area contributed by atoms with Crippen LogP contribution in [0.25, 0.3) is 11.1 Å². The number of aliphatic imine (C=N–C) groups is 1. The predicted molar refractivity (Wildman–Crippen MR) is 118 cm³/mol. The van der Waals surface area contributed by atoms with Crippen molar-refractivity contribution in [1.82, 2.24) is 0 Å². The third-order valence-electron chi connectivity index (χ3n) is 4.17. The third-order valence-corrected chi connectivity index (χ3v) is 6.41. The van der Waals surface area contributed by atoms with Gasteiger partial charge in [0.25, 0.3) is 0 Å². The topological polar surface area (TPSA) is 41.5 Å². The number of anilines is 1. The third kappa shape index (κ3) is 4.43. The quantitative estimate of drug-likeness (QED) is 0.597. The van der Waals surface area contributed by atoms with Crippen LogP contribution >= 0.6 is 23.5 Å². The minimum Gasteiger partial charge on any atom is -0.325 e. The molecule has 0 aromatic heterocycles. The van der Waals surface area contributed by atoms with Gasteiger partial charge < -0.3 is 5.32 Å². The van der Waals surface area contributed by atoms with Gasteiger partial charge in [-0.2, -0.15) is 0 Å². The average molecular weight is 391 g/mol. The molecule has 0 spiro atoms. The molecule has 1 aliphatic rings. The number of fused-ring (bicyclic) bond motifs is 1. The number of para-hydroxylation sites is 2. The van der Waals surface area contributed by atoms with Gasteiger partial charge in [0.05, 0.1) is 11.4 Å². The van der Waals surface area contributed by atoms with Crippen molar-refractivity contribution in [3.05, 3.63) is 84.4 Å². The van der Waals surface area contributed by atoms with Gasteiger partial charge in [-0.15, -0.1) is 0 Å². The highest BCUT2D eigenvalue weighted by Gasteiger charge is 2.15. The van der Waals surface area contributed by atoms with E-state index in [4.69, 9.17) is 0 Å². The van der Waals surface area contributed by atoms with Gasteiger partial charge in [0.2, 0.25) is 5.91 Å². The van der Waals surface area contributed by atoms with E-state index in [9.17, 15) is 4.79 Å². The molecule has 4 rings (SSSR count). The van der Waals surface area contributed by atoms with Crippen LogP contribution in [0, 0.1) is 0 Å². The first-order valence-corrected chi connectivity index (χ1v) is 10.6. The zero-order valence-electron chi connectivity index (χ0n) is 14.6. The van der Waals surface area contributed by atoms with Crippen LogP contribution in [0.4, 0.5) is 11.4 Å². The van der Waals surface area contributed by atoms with Gasteiger partial charge >= 0.3 is 0 Å². The van der Waals surface area contributed by atoms with Gasteiger partial charge in [-0.1, -0.05) is 90.3 Å². The molecule has 3 aromatic carbocycles. The summed E-state index contributed by atoms with van der Waals surface area (Å²) in [5.74, 6) is 1.22. The molecule has 0 bridgehead atoms. The van der Waals surface area contributed by atoms with E-state index in [0.717, 1.165) is 32.6 Å². The van der Waals surface area contributed by atoms with Crippen LogP contribution in [0.5, 0.6) is 0 Å². The second-order valence-corrected chi connectivity index (χ2v) is 8.23. The molecule has 0 aliphatic carbocycles. The summed E-state index contributed by atoms with van der Waals surface area (Å²) in [6.07, 6.45) is 0.